The molecular weight excluding hydrogens is 407 g/mol. The Bertz CT molecular complexity index is 1190. The number of anilines is 1. The topological polar surface area (TPSA) is 80.5 Å². The van der Waals surface area contributed by atoms with Crippen molar-refractivity contribution >= 4 is 40.5 Å². The van der Waals surface area contributed by atoms with Gasteiger partial charge in [-0.1, -0.05) is 36.0 Å². The van der Waals surface area contributed by atoms with Crippen LogP contribution in [0.15, 0.2) is 88.7 Å². The summed E-state index contributed by atoms with van der Waals surface area (Å²) < 4.78 is 13.7. The number of non-ortho nitro benzene ring substituents is 1. The fourth-order valence-corrected chi connectivity index (χ4v) is 4.08. The first-order valence-electron chi connectivity index (χ1n) is 8.82. The predicted molar refractivity (Wildman–Crippen MR) is 111 cm³/mol. The van der Waals surface area contributed by atoms with Crippen LogP contribution in [0, 0.1) is 15.9 Å². The highest BCUT2D eigenvalue weighted by molar-refractivity contribution is 8.04. The van der Waals surface area contributed by atoms with E-state index < -0.39 is 22.6 Å². The first-order chi connectivity index (χ1) is 14.5. The number of nitrogens with zero attached hydrogens (tertiary/aromatic N) is 2. The molecule has 0 N–H and O–H groups in total. The van der Waals surface area contributed by atoms with Crippen LogP contribution in [0.3, 0.4) is 0 Å². The van der Waals surface area contributed by atoms with Crippen LogP contribution in [0.2, 0.25) is 0 Å². The van der Waals surface area contributed by atoms with Crippen molar-refractivity contribution in [2.75, 3.05) is 4.90 Å². The molecule has 3 aromatic carbocycles. The highest BCUT2D eigenvalue weighted by Crippen LogP contribution is 2.41. The molecule has 0 aromatic heterocycles. The van der Waals surface area contributed by atoms with Gasteiger partial charge in [-0.25, -0.2) is 9.29 Å². The molecule has 0 bridgehead atoms. The van der Waals surface area contributed by atoms with Crippen molar-refractivity contribution in [1.29, 1.82) is 0 Å². The maximum atomic E-state index is 13.7. The molecule has 3 aromatic rings. The molecule has 6 nitrogen and oxygen atoms in total. The average molecular weight is 420 g/mol. The van der Waals surface area contributed by atoms with E-state index in [-0.39, 0.29) is 21.9 Å². The lowest BCUT2D eigenvalue weighted by atomic mass is 10.1. The molecule has 0 spiro atoms. The zero-order valence-corrected chi connectivity index (χ0v) is 16.1. The Morgan fingerprint density at radius 3 is 2.20 bits per heavy atom. The highest BCUT2D eigenvalue weighted by Gasteiger charge is 2.40. The van der Waals surface area contributed by atoms with Crippen LogP contribution in [-0.2, 0) is 9.59 Å². The number of halogens is 1. The Morgan fingerprint density at radius 1 is 0.867 bits per heavy atom. The van der Waals surface area contributed by atoms with E-state index in [4.69, 9.17) is 0 Å². The van der Waals surface area contributed by atoms with Gasteiger partial charge in [-0.15, -0.1) is 0 Å². The third-order valence-electron chi connectivity index (χ3n) is 4.44. The lowest BCUT2D eigenvalue weighted by molar-refractivity contribution is -0.384. The summed E-state index contributed by atoms with van der Waals surface area (Å²) in [6.07, 6.45) is 0. The molecule has 1 heterocycles. The molecule has 0 atom stereocenters. The summed E-state index contributed by atoms with van der Waals surface area (Å²) in [6, 6.07) is 19.7. The number of carbonyl (C=O) groups excluding carboxylic acids is 2. The monoisotopic (exact) mass is 420 g/mol. The molecule has 8 heteroatoms. The van der Waals surface area contributed by atoms with Gasteiger partial charge in [-0.3, -0.25) is 19.7 Å². The normalized spacial score (nSPS) is 13.8. The van der Waals surface area contributed by atoms with Crippen LogP contribution in [0.4, 0.5) is 15.8 Å². The lowest BCUT2D eigenvalue weighted by Crippen LogP contribution is -2.31. The smallest absolute Gasteiger partial charge is 0.268 e. The summed E-state index contributed by atoms with van der Waals surface area (Å²) in [4.78, 5) is 38.7. The molecule has 2 amide bonds. The largest absolute Gasteiger partial charge is 0.272 e. The summed E-state index contributed by atoms with van der Waals surface area (Å²) in [5.74, 6) is -1.76. The minimum Gasteiger partial charge on any atom is -0.268 e. The first-order valence-corrected chi connectivity index (χ1v) is 9.63. The Balaban J connectivity index is 1.82. The van der Waals surface area contributed by atoms with E-state index in [1.807, 2.05) is 6.07 Å². The van der Waals surface area contributed by atoms with E-state index in [2.05, 4.69) is 0 Å². The number of nitro benzene ring substituents is 1. The summed E-state index contributed by atoms with van der Waals surface area (Å²) in [6.45, 7) is 0. The Hall–Kier alpha value is -3.78. The Kier molecular flexibility index (Phi) is 5.16. The van der Waals surface area contributed by atoms with Gasteiger partial charge in [0.25, 0.3) is 17.5 Å². The molecule has 30 heavy (non-hydrogen) atoms. The highest BCUT2D eigenvalue weighted by atomic mass is 32.2. The molecule has 0 saturated carbocycles. The molecule has 1 aliphatic rings. The fraction of sp³-hybridized carbons (Fsp3) is 0. The van der Waals surface area contributed by atoms with Crippen LogP contribution in [-0.4, -0.2) is 16.7 Å². The quantitative estimate of drug-likeness (QED) is 0.336. The number of nitro groups is 1. The number of rotatable bonds is 5. The molecule has 0 aliphatic carbocycles. The molecule has 0 fully saturated rings. The van der Waals surface area contributed by atoms with Crippen molar-refractivity contribution in [3.63, 3.8) is 0 Å². The zero-order valence-electron chi connectivity index (χ0n) is 15.3. The van der Waals surface area contributed by atoms with Gasteiger partial charge in [-0.05, 0) is 48.0 Å². The van der Waals surface area contributed by atoms with E-state index in [0.717, 1.165) is 27.6 Å². The van der Waals surface area contributed by atoms with Gasteiger partial charge in [0.2, 0.25) is 0 Å². The van der Waals surface area contributed by atoms with E-state index >= 15 is 0 Å². The second kappa shape index (κ2) is 7.92. The average Bonchev–Trinajstić information content (AvgIpc) is 2.98. The van der Waals surface area contributed by atoms with E-state index in [1.165, 1.54) is 42.5 Å². The maximum Gasteiger partial charge on any atom is 0.272 e. The van der Waals surface area contributed by atoms with Crippen LogP contribution < -0.4 is 4.90 Å². The lowest BCUT2D eigenvalue weighted by Gasteiger charge is -2.15. The standard InChI is InChI=1S/C22H13FN2O4S/c23-15-5-4-6-17(13-15)24-21(26)19(14-9-11-16(12-10-14)25(28)29)20(22(24)27)30-18-7-2-1-3-8-18/h1-13H. The number of hydrogen-bond acceptors (Lipinski definition) is 5. The second-order valence-corrected chi connectivity index (χ2v) is 7.43. The number of hydrogen-bond donors (Lipinski definition) is 0. The number of carbonyl (C=O) groups is 2. The molecule has 148 valence electrons. The van der Waals surface area contributed by atoms with Gasteiger partial charge in [0.1, 0.15) is 5.82 Å². The van der Waals surface area contributed by atoms with Crippen molar-refractivity contribution < 1.29 is 18.9 Å². The van der Waals surface area contributed by atoms with Crippen molar-refractivity contribution in [3.05, 3.63) is 105 Å². The molecule has 0 radical (unpaired) electrons. The van der Waals surface area contributed by atoms with Crippen LogP contribution in [0.5, 0.6) is 0 Å². The number of thioether (sulfide) groups is 1. The van der Waals surface area contributed by atoms with Gasteiger partial charge < -0.3 is 0 Å². The fourth-order valence-electron chi connectivity index (χ4n) is 3.06. The van der Waals surface area contributed by atoms with Gasteiger partial charge in [0, 0.05) is 17.0 Å². The van der Waals surface area contributed by atoms with E-state index in [1.54, 1.807) is 24.3 Å². The maximum absolute atomic E-state index is 13.7. The van der Waals surface area contributed by atoms with E-state index in [9.17, 15) is 24.1 Å². The zero-order chi connectivity index (χ0) is 21.3. The Morgan fingerprint density at radius 2 is 1.57 bits per heavy atom. The van der Waals surface area contributed by atoms with Crippen LogP contribution in [0.25, 0.3) is 5.57 Å². The summed E-state index contributed by atoms with van der Waals surface area (Å²) in [7, 11) is 0. The van der Waals surface area contributed by atoms with Gasteiger partial charge in [0.15, 0.2) is 0 Å². The van der Waals surface area contributed by atoms with Crippen LogP contribution >= 0.6 is 11.8 Å². The first kappa shape index (κ1) is 19.5. The molecule has 0 saturated heterocycles. The molecular formula is C22H13FN2O4S. The molecule has 4 rings (SSSR count). The number of benzene rings is 3. The summed E-state index contributed by atoms with van der Waals surface area (Å²) in [5, 5.41) is 10.9. The van der Waals surface area contributed by atoms with Gasteiger partial charge in [-0.2, -0.15) is 0 Å². The number of amides is 2. The third kappa shape index (κ3) is 3.60. The third-order valence-corrected chi connectivity index (χ3v) is 5.53. The Labute approximate surface area is 174 Å². The molecule has 0 unspecified atom stereocenters. The van der Waals surface area contributed by atoms with Crippen molar-refractivity contribution in [2.24, 2.45) is 0 Å². The van der Waals surface area contributed by atoms with Crippen LogP contribution in [0.1, 0.15) is 5.56 Å². The minimum atomic E-state index is -0.613. The van der Waals surface area contributed by atoms with Gasteiger partial charge in [0.05, 0.1) is 21.1 Å². The minimum absolute atomic E-state index is 0.119. The molecule has 1 aliphatic heterocycles. The predicted octanol–water partition coefficient (Wildman–Crippen LogP) is 4.81. The second-order valence-electron chi connectivity index (χ2n) is 6.35. The summed E-state index contributed by atoms with van der Waals surface area (Å²) >= 11 is 1.12. The number of imide groups is 1. The van der Waals surface area contributed by atoms with Crippen molar-refractivity contribution in [3.8, 4) is 0 Å². The van der Waals surface area contributed by atoms with Crippen molar-refractivity contribution in [2.45, 2.75) is 4.90 Å². The summed E-state index contributed by atoms with van der Waals surface area (Å²) in [5.41, 5.74) is 0.479. The van der Waals surface area contributed by atoms with E-state index in [0.29, 0.717) is 5.56 Å². The van der Waals surface area contributed by atoms with Gasteiger partial charge >= 0.3 is 0 Å². The van der Waals surface area contributed by atoms with Crippen molar-refractivity contribution in [1.82, 2.24) is 0 Å². The SMILES string of the molecule is O=C1C(Sc2ccccc2)=C(c2ccc([N+](=O)[O-])cc2)C(=O)N1c1cccc(F)c1.